The molecule has 0 fully saturated rings. The highest BCUT2D eigenvalue weighted by Gasteiger charge is 2.24. The zero-order chi connectivity index (χ0) is 30.9. The van der Waals surface area contributed by atoms with Gasteiger partial charge < -0.3 is 10.6 Å². The third kappa shape index (κ3) is 8.27. The summed E-state index contributed by atoms with van der Waals surface area (Å²) in [5.74, 6) is -1.12. The van der Waals surface area contributed by atoms with Crippen LogP contribution in [0.15, 0.2) is 120 Å². The van der Waals surface area contributed by atoms with Crippen LogP contribution in [0.1, 0.15) is 37.3 Å². The molecule has 0 bridgehead atoms. The summed E-state index contributed by atoms with van der Waals surface area (Å²) in [6.45, 7) is 3.80. The summed E-state index contributed by atoms with van der Waals surface area (Å²) < 4.78 is 0. The maximum absolute atomic E-state index is 13.5. The lowest BCUT2D eigenvalue weighted by Gasteiger charge is -2.17. The zero-order valence-corrected chi connectivity index (χ0v) is 25.6. The van der Waals surface area contributed by atoms with Crippen molar-refractivity contribution >= 4 is 57.7 Å². The van der Waals surface area contributed by atoms with Gasteiger partial charge in [0.05, 0.1) is 0 Å². The van der Waals surface area contributed by atoms with Crippen molar-refractivity contribution in [2.75, 3.05) is 10.6 Å². The number of benzene rings is 4. The van der Waals surface area contributed by atoms with Crippen molar-refractivity contribution in [3.05, 3.63) is 142 Å². The van der Waals surface area contributed by atoms with Crippen LogP contribution in [-0.2, 0) is 9.59 Å². The van der Waals surface area contributed by atoms with E-state index in [9.17, 15) is 14.4 Å². The minimum Gasteiger partial charge on any atom is -0.321 e. The molecule has 0 aliphatic heterocycles. The maximum atomic E-state index is 13.5. The maximum Gasteiger partial charge on any atom is 0.272 e. The molecule has 1 unspecified atom stereocenters. The number of hydrogen-bond acceptors (Lipinski definition) is 7. The van der Waals surface area contributed by atoms with Crippen LogP contribution in [0.25, 0.3) is 6.08 Å². The van der Waals surface area contributed by atoms with E-state index in [0.29, 0.717) is 16.4 Å². The van der Waals surface area contributed by atoms with Crippen LogP contribution in [-0.4, -0.2) is 27.9 Å². The summed E-state index contributed by atoms with van der Waals surface area (Å²) in [4.78, 5) is 40.7. The lowest BCUT2D eigenvalue weighted by Crippen LogP contribution is -2.30. The van der Waals surface area contributed by atoms with Gasteiger partial charge in [-0.25, -0.2) is 0 Å². The molecule has 0 aliphatic rings. The molecule has 1 heterocycles. The third-order valence-electron chi connectivity index (χ3n) is 6.36. The molecule has 220 valence electrons. The minimum absolute atomic E-state index is 0.0923. The van der Waals surface area contributed by atoms with Crippen molar-refractivity contribution in [3.63, 3.8) is 0 Å². The highest BCUT2D eigenvalue weighted by atomic mass is 32.2. The van der Waals surface area contributed by atoms with Gasteiger partial charge in [0.2, 0.25) is 11.0 Å². The van der Waals surface area contributed by atoms with Gasteiger partial charge in [0.25, 0.3) is 11.8 Å². The molecule has 44 heavy (non-hydrogen) atoms. The van der Waals surface area contributed by atoms with Gasteiger partial charge in [-0.2, -0.15) is 0 Å². The second-order valence-electron chi connectivity index (χ2n) is 9.79. The second kappa shape index (κ2) is 14.4. The Morgan fingerprint density at radius 3 is 2.18 bits per heavy atom. The highest BCUT2D eigenvalue weighted by Crippen LogP contribution is 2.37. The van der Waals surface area contributed by atoms with E-state index in [1.54, 1.807) is 48.5 Å². The average Bonchev–Trinajstić information content (AvgIpc) is 3.45. The number of thioether (sulfide) groups is 1. The first kappa shape index (κ1) is 30.4. The molecule has 5 rings (SSSR count). The average molecular weight is 620 g/mol. The number of carbonyl (C=O) groups excluding carboxylic acids is 3. The number of rotatable bonds is 10. The Bertz CT molecular complexity index is 1790. The molecule has 1 atom stereocenters. The van der Waals surface area contributed by atoms with Gasteiger partial charge in [-0.1, -0.05) is 95.8 Å². The minimum atomic E-state index is -0.589. The van der Waals surface area contributed by atoms with E-state index in [1.165, 1.54) is 23.1 Å². The van der Waals surface area contributed by atoms with E-state index in [-0.39, 0.29) is 11.6 Å². The van der Waals surface area contributed by atoms with Crippen LogP contribution in [0, 0.1) is 13.8 Å². The number of nitrogens with zero attached hydrogens (tertiary/aromatic N) is 2. The Hall–Kier alpha value is -5.06. The van der Waals surface area contributed by atoms with E-state index < -0.39 is 17.1 Å². The highest BCUT2D eigenvalue weighted by molar-refractivity contribution is 8.00. The molecule has 5 aromatic rings. The van der Waals surface area contributed by atoms with Crippen LogP contribution < -0.4 is 16.0 Å². The fourth-order valence-corrected chi connectivity index (χ4v) is 5.85. The molecule has 10 heteroatoms. The third-order valence-corrected chi connectivity index (χ3v) is 8.36. The van der Waals surface area contributed by atoms with Crippen molar-refractivity contribution in [3.8, 4) is 0 Å². The van der Waals surface area contributed by atoms with E-state index >= 15 is 0 Å². The number of amides is 3. The zero-order valence-electron chi connectivity index (χ0n) is 24.0. The van der Waals surface area contributed by atoms with Crippen LogP contribution >= 0.6 is 23.1 Å². The quantitative estimate of drug-likeness (QED) is 0.114. The Balaban J connectivity index is 1.37. The summed E-state index contributed by atoms with van der Waals surface area (Å²) >= 11 is 2.65. The van der Waals surface area contributed by atoms with E-state index in [2.05, 4.69) is 26.1 Å². The first-order valence-electron chi connectivity index (χ1n) is 13.7. The van der Waals surface area contributed by atoms with Crippen molar-refractivity contribution < 1.29 is 14.4 Å². The van der Waals surface area contributed by atoms with Gasteiger partial charge in [0, 0.05) is 16.1 Å². The molecule has 0 radical (unpaired) electrons. The number of carbonyl (C=O) groups is 3. The summed E-state index contributed by atoms with van der Waals surface area (Å²) in [7, 11) is 0. The van der Waals surface area contributed by atoms with Gasteiger partial charge in [0.15, 0.2) is 0 Å². The first-order chi connectivity index (χ1) is 21.3. The smallest absolute Gasteiger partial charge is 0.272 e. The molecule has 0 spiro atoms. The summed E-state index contributed by atoms with van der Waals surface area (Å²) in [6.07, 6.45) is 1.64. The molecular formula is C34H29N5O3S2. The Labute approximate surface area is 263 Å². The van der Waals surface area contributed by atoms with Crippen LogP contribution in [0.3, 0.4) is 0 Å². The summed E-state index contributed by atoms with van der Waals surface area (Å²) in [5.41, 5.74) is 3.70. The number of hydrogen-bond donors (Lipinski definition) is 3. The van der Waals surface area contributed by atoms with Crippen LogP contribution in [0.2, 0.25) is 0 Å². The van der Waals surface area contributed by atoms with Gasteiger partial charge in [-0.05, 0) is 61.4 Å². The van der Waals surface area contributed by atoms with Gasteiger partial charge in [-0.3, -0.25) is 19.7 Å². The van der Waals surface area contributed by atoms with Crippen molar-refractivity contribution in [2.45, 2.75) is 24.0 Å². The summed E-state index contributed by atoms with van der Waals surface area (Å²) in [6, 6.07) is 33.0. The van der Waals surface area contributed by atoms with Crippen molar-refractivity contribution in [2.24, 2.45) is 0 Å². The molecule has 1 aromatic heterocycles. The number of anilines is 2. The van der Waals surface area contributed by atoms with Gasteiger partial charge in [-0.15, -0.1) is 22.0 Å². The van der Waals surface area contributed by atoms with Gasteiger partial charge >= 0.3 is 0 Å². The SMILES string of the molecule is Cc1ccc(/C=C(\NC(=O)c2ccccc2)C(=O)Nc2cccc(SC(C(=O)Nc3nnc(C)s3)c3ccccc3)c2)cc1. The number of aromatic nitrogens is 2. The molecule has 0 aliphatic carbocycles. The van der Waals surface area contributed by atoms with Crippen molar-refractivity contribution in [1.82, 2.24) is 15.5 Å². The lowest BCUT2D eigenvalue weighted by molar-refractivity contribution is -0.116. The fraction of sp³-hybridized carbons (Fsp3) is 0.0882. The molecular weight excluding hydrogens is 591 g/mol. The molecule has 3 amide bonds. The molecule has 0 saturated heterocycles. The van der Waals surface area contributed by atoms with Crippen molar-refractivity contribution in [1.29, 1.82) is 0 Å². The largest absolute Gasteiger partial charge is 0.321 e. The molecule has 0 saturated carbocycles. The van der Waals surface area contributed by atoms with E-state index in [4.69, 9.17) is 0 Å². The van der Waals surface area contributed by atoms with Gasteiger partial charge in [0.1, 0.15) is 16.0 Å². The van der Waals surface area contributed by atoms with E-state index in [1.807, 2.05) is 80.6 Å². The fourth-order valence-electron chi connectivity index (χ4n) is 4.17. The van der Waals surface area contributed by atoms with Crippen LogP contribution in [0.4, 0.5) is 10.8 Å². The van der Waals surface area contributed by atoms with Crippen LogP contribution in [0.5, 0.6) is 0 Å². The molecule has 8 nitrogen and oxygen atoms in total. The summed E-state index contributed by atoms with van der Waals surface area (Å²) in [5, 5.41) is 17.1. The lowest BCUT2D eigenvalue weighted by atomic mass is 10.1. The Morgan fingerprint density at radius 2 is 1.50 bits per heavy atom. The Morgan fingerprint density at radius 1 is 0.795 bits per heavy atom. The molecule has 3 N–H and O–H groups in total. The topological polar surface area (TPSA) is 113 Å². The number of nitrogens with one attached hydrogen (secondary N) is 3. The number of aryl methyl sites for hydroxylation is 2. The van der Waals surface area contributed by atoms with E-state index in [0.717, 1.165) is 26.6 Å². The Kier molecular flexibility index (Phi) is 9.96. The normalized spacial score (nSPS) is 11.8. The standard InChI is InChI=1S/C34H29N5O3S2/c1-22-16-18-24(19-17-22)20-29(36-31(40)26-12-7-4-8-13-26)32(41)35-27-14-9-15-28(21-27)44-30(25-10-5-3-6-11-25)33(42)37-34-39-38-23(2)43-34/h3-21,30H,1-2H3,(H,35,41)(H,36,40)(H,37,39,42)/b29-20-. The molecule has 4 aromatic carbocycles. The second-order valence-corrected chi connectivity index (χ2v) is 12.2. The predicted octanol–water partition coefficient (Wildman–Crippen LogP) is 7.04. The predicted molar refractivity (Wildman–Crippen MR) is 176 cm³/mol. The first-order valence-corrected chi connectivity index (χ1v) is 15.4. The monoisotopic (exact) mass is 619 g/mol.